The molecule has 0 radical (unpaired) electrons. The zero-order valence-electron chi connectivity index (χ0n) is 10.7. The zero-order chi connectivity index (χ0) is 12.8. The highest BCUT2D eigenvalue weighted by atomic mass is 32.1. The Bertz CT molecular complexity index is 151. The fraction of sp³-hybridized carbons (Fsp3) is 0.909. The van der Waals surface area contributed by atoms with Crippen LogP contribution in [0.3, 0.4) is 0 Å². The van der Waals surface area contributed by atoms with Crippen molar-refractivity contribution in [2.75, 3.05) is 39.0 Å². The summed E-state index contributed by atoms with van der Waals surface area (Å²) in [6.45, 7) is 7.66. The van der Waals surface area contributed by atoms with E-state index in [2.05, 4.69) is 17.9 Å². The van der Waals surface area contributed by atoms with Crippen molar-refractivity contribution in [1.82, 2.24) is 10.2 Å². The molecule has 1 rings (SSSR count). The van der Waals surface area contributed by atoms with Gasteiger partial charge in [-0.05, 0) is 19.6 Å². The van der Waals surface area contributed by atoms with Crippen LogP contribution in [0.5, 0.6) is 0 Å². The lowest BCUT2D eigenvalue weighted by Crippen LogP contribution is -2.46. The van der Waals surface area contributed by atoms with Gasteiger partial charge >= 0.3 is 0 Å². The van der Waals surface area contributed by atoms with Gasteiger partial charge in [-0.1, -0.05) is 6.92 Å². The fourth-order valence-electron chi connectivity index (χ4n) is 1.29. The van der Waals surface area contributed by atoms with E-state index in [9.17, 15) is 4.79 Å². The first kappa shape index (κ1) is 18.1. The van der Waals surface area contributed by atoms with Gasteiger partial charge in [0, 0.05) is 39.2 Å². The summed E-state index contributed by atoms with van der Waals surface area (Å²) >= 11 is 3.53. The normalized spacial score (nSPS) is 14.2. The summed E-state index contributed by atoms with van der Waals surface area (Å²) in [6.07, 6.45) is 3.36. The number of hydrogen-bond acceptors (Lipinski definition) is 4. The molecule has 1 saturated heterocycles. The molecule has 0 aliphatic carbocycles. The van der Waals surface area contributed by atoms with Crippen LogP contribution < -0.4 is 5.32 Å². The average molecular weight is 250 g/mol. The molecule has 16 heavy (non-hydrogen) atoms. The van der Waals surface area contributed by atoms with Crippen LogP contribution in [0.1, 0.15) is 26.7 Å². The van der Waals surface area contributed by atoms with Crippen molar-refractivity contribution in [2.24, 2.45) is 0 Å². The Kier molecular flexibility index (Phi) is 16.7. The molecule has 0 aromatic rings. The number of nitrogens with one attached hydrogen (secondary N) is 1. The van der Waals surface area contributed by atoms with E-state index < -0.39 is 0 Å². The maximum Gasteiger partial charge on any atom is 0.222 e. The maximum absolute atomic E-state index is 11.3. The van der Waals surface area contributed by atoms with Crippen LogP contribution >= 0.6 is 12.6 Å². The summed E-state index contributed by atoms with van der Waals surface area (Å²) in [5, 5.41) is 10.8. The minimum Gasteiger partial charge on any atom is -0.397 e. The standard InChI is InChI=1S/C8H16N2O.C2H6O.CH4S/c1-2-3-8(11)10-6-4-9-5-7-10;1-2-3;1-2/h9H,2-7H2,1H3;3H,2H2,1H3;2H,1H3. The smallest absolute Gasteiger partial charge is 0.222 e. The summed E-state index contributed by atoms with van der Waals surface area (Å²) in [5.74, 6) is 0.314. The Morgan fingerprint density at radius 3 is 2.12 bits per heavy atom. The van der Waals surface area contributed by atoms with Crippen LogP contribution in [0.4, 0.5) is 0 Å². The summed E-state index contributed by atoms with van der Waals surface area (Å²) < 4.78 is 0. The minimum absolute atomic E-state index is 0.250. The number of carbonyl (C=O) groups is 1. The molecular weight excluding hydrogens is 224 g/mol. The predicted octanol–water partition coefficient (Wildman–Crippen LogP) is 0.763. The summed E-state index contributed by atoms with van der Waals surface area (Å²) in [5.41, 5.74) is 0. The number of amides is 1. The summed E-state index contributed by atoms with van der Waals surface area (Å²) in [6, 6.07) is 0. The number of carbonyl (C=O) groups excluding carboxylic acids is 1. The molecule has 1 heterocycles. The second-order valence-corrected chi connectivity index (χ2v) is 3.20. The van der Waals surface area contributed by atoms with E-state index in [1.807, 2.05) is 11.8 Å². The zero-order valence-corrected chi connectivity index (χ0v) is 11.6. The van der Waals surface area contributed by atoms with E-state index in [0.29, 0.717) is 12.3 Å². The van der Waals surface area contributed by atoms with Crippen molar-refractivity contribution < 1.29 is 9.90 Å². The number of hydrogen-bond donors (Lipinski definition) is 3. The Morgan fingerprint density at radius 2 is 1.75 bits per heavy atom. The average Bonchev–Trinajstić information content (AvgIpc) is 2.34. The third-order valence-corrected chi connectivity index (χ3v) is 1.93. The predicted molar refractivity (Wildman–Crippen MR) is 72.0 cm³/mol. The lowest BCUT2D eigenvalue weighted by Gasteiger charge is -2.27. The maximum atomic E-state index is 11.3. The second kappa shape index (κ2) is 14.7. The monoisotopic (exact) mass is 250 g/mol. The Balaban J connectivity index is 0. The molecule has 4 nitrogen and oxygen atoms in total. The van der Waals surface area contributed by atoms with E-state index in [1.54, 1.807) is 13.2 Å². The van der Waals surface area contributed by atoms with Crippen LogP contribution in [0, 0.1) is 0 Å². The Hall–Kier alpha value is -0.260. The van der Waals surface area contributed by atoms with Crippen LogP contribution in [-0.4, -0.2) is 55.0 Å². The fourth-order valence-corrected chi connectivity index (χ4v) is 1.29. The van der Waals surface area contributed by atoms with E-state index in [1.165, 1.54) is 0 Å². The number of nitrogens with zero attached hydrogens (tertiary/aromatic N) is 1. The molecule has 1 aliphatic heterocycles. The number of piperazine rings is 1. The molecule has 0 aromatic heterocycles. The van der Waals surface area contributed by atoms with Gasteiger partial charge < -0.3 is 15.3 Å². The molecule has 0 aromatic carbocycles. The molecule has 5 heteroatoms. The highest BCUT2D eigenvalue weighted by Gasteiger charge is 2.14. The van der Waals surface area contributed by atoms with Gasteiger partial charge in [-0.2, -0.15) is 12.6 Å². The number of aliphatic hydroxyl groups excluding tert-OH is 1. The van der Waals surface area contributed by atoms with Gasteiger partial charge in [0.05, 0.1) is 0 Å². The van der Waals surface area contributed by atoms with Gasteiger partial charge in [-0.15, -0.1) is 0 Å². The van der Waals surface area contributed by atoms with Crippen molar-refractivity contribution >= 4 is 18.5 Å². The minimum atomic E-state index is 0.250. The summed E-state index contributed by atoms with van der Waals surface area (Å²) in [7, 11) is 0. The topological polar surface area (TPSA) is 52.6 Å². The molecular formula is C11H26N2O2S. The van der Waals surface area contributed by atoms with Gasteiger partial charge in [-0.25, -0.2) is 0 Å². The van der Waals surface area contributed by atoms with Gasteiger partial charge in [-0.3, -0.25) is 4.79 Å². The first-order chi connectivity index (χ1) is 7.76. The molecule has 1 aliphatic rings. The SMILES string of the molecule is CCCC(=O)N1CCNCC1.CCO.CS. The summed E-state index contributed by atoms with van der Waals surface area (Å²) in [4.78, 5) is 13.2. The van der Waals surface area contributed by atoms with Gasteiger partial charge in [0.15, 0.2) is 0 Å². The molecule has 1 amide bonds. The third-order valence-electron chi connectivity index (χ3n) is 1.93. The number of rotatable bonds is 2. The van der Waals surface area contributed by atoms with Crippen LogP contribution in [0.25, 0.3) is 0 Å². The van der Waals surface area contributed by atoms with E-state index in [4.69, 9.17) is 5.11 Å². The Morgan fingerprint density at radius 1 is 1.31 bits per heavy atom. The van der Waals surface area contributed by atoms with Crippen molar-refractivity contribution in [3.8, 4) is 0 Å². The Labute approximate surface area is 105 Å². The van der Waals surface area contributed by atoms with Crippen LogP contribution in [-0.2, 0) is 4.79 Å². The lowest BCUT2D eigenvalue weighted by atomic mass is 10.2. The highest BCUT2D eigenvalue weighted by molar-refractivity contribution is 7.79. The first-order valence-electron chi connectivity index (χ1n) is 5.80. The van der Waals surface area contributed by atoms with Gasteiger partial charge in [0.25, 0.3) is 0 Å². The van der Waals surface area contributed by atoms with E-state index >= 15 is 0 Å². The molecule has 0 spiro atoms. The van der Waals surface area contributed by atoms with Crippen molar-refractivity contribution in [1.29, 1.82) is 0 Å². The van der Waals surface area contributed by atoms with Crippen molar-refractivity contribution in [3.05, 3.63) is 0 Å². The van der Waals surface area contributed by atoms with Crippen LogP contribution in [0.15, 0.2) is 0 Å². The lowest BCUT2D eigenvalue weighted by molar-refractivity contribution is -0.131. The number of thiol groups is 1. The molecule has 2 N–H and O–H groups in total. The third kappa shape index (κ3) is 10.3. The van der Waals surface area contributed by atoms with E-state index in [0.717, 1.165) is 32.6 Å². The number of aliphatic hydroxyl groups is 1. The largest absolute Gasteiger partial charge is 0.397 e. The van der Waals surface area contributed by atoms with Gasteiger partial charge in [0.2, 0.25) is 5.91 Å². The molecule has 0 atom stereocenters. The molecule has 0 unspecified atom stereocenters. The molecule has 0 bridgehead atoms. The van der Waals surface area contributed by atoms with Crippen molar-refractivity contribution in [3.63, 3.8) is 0 Å². The highest BCUT2D eigenvalue weighted by Crippen LogP contribution is 1.98. The molecule has 0 saturated carbocycles. The molecule has 98 valence electrons. The van der Waals surface area contributed by atoms with Gasteiger partial charge in [0.1, 0.15) is 0 Å². The molecule has 1 fully saturated rings. The second-order valence-electron chi connectivity index (χ2n) is 3.20. The van der Waals surface area contributed by atoms with E-state index in [-0.39, 0.29) is 6.61 Å². The van der Waals surface area contributed by atoms with Crippen LogP contribution in [0.2, 0.25) is 0 Å². The first-order valence-corrected chi connectivity index (χ1v) is 6.69. The quantitative estimate of drug-likeness (QED) is 0.634. The van der Waals surface area contributed by atoms with Crippen molar-refractivity contribution in [2.45, 2.75) is 26.7 Å².